The second-order valence-corrected chi connectivity index (χ2v) is 9.91. The summed E-state index contributed by atoms with van der Waals surface area (Å²) in [4.78, 5) is 16.2. The summed E-state index contributed by atoms with van der Waals surface area (Å²) in [6.07, 6.45) is 7.72. The minimum Gasteiger partial charge on any atom is -0.487 e. The summed E-state index contributed by atoms with van der Waals surface area (Å²) >= 11 is 13.3. The average molecular weight is 530 g/mol. The summed E-state index contributed by atoms with van der Waals surface area (Å²) in [7, 11) is 0. The van der Waals surface area contributed by atoms with Crippen LogP contribution in [0.3, 0.4) is 0 Å². The van der Waals surface area contributed by atoms with Crippen molar-refractivity contribution in [1.29, 1.82) is 0 Å². The number of rotatable bonds is 6. The number of pyridine rings is 2. The Labute approximate surface area is 225 Å². The highest BCUT2D eigenvalue weighted by atomic mass is 35.5. The van der Waals surface area contributed by atoms with Crippen molar-refractivity contribution in [3.63, 3.8) is 0 Å². The number of aryl methyl sites for hydroxylation is 1. The third kappa shape index (κ3) is 4.52. The van der Waals surface area contributed by atoms with Gasteiger partial charge in [-0.05, 0) is 31.9 Å². The van der Waals surface area contributed by atoms with Crippen LogP contribution in [0, 0.1) is 6.92 Å². The first-order valence-corrected chi connectivity index (χ1v) is 13.1. The molecule has 0 atom stereocenters. The van der Waals surface area contributed by atoms with Gasteiger partial charge in [0.25, 0.3) is 0 Å². The molecule has 3 aromatic heterocycles. The molecule has 1 aliphatic heterocycles. The Morgan fingerprint density at radius 1 is 0.973 bits per heavy atom. The third-order valence-electron chi connectivity index (χ3n) is 6.67. The van der Waals surface area contributed by atoms with E-state index >= 15 is 0 Å². The lowest BCUT2D eigenvalue weighted by molar-refractivity contribution is 0.309. The van der Waals surface area contributed by atoms with Crippen LogP contribution in [0.5, 0.6) is 5.75 Å². The predicted octanol–water partition coefficient (Wildman–Crippen LogP) is 7.28. The van der Waals surface area contributed by atoms with Gasteiger partial charge in [-0.1, -0.05) is 65.7 Å². The van der Waals surface area contributed by atoms with Gasteiger partial charge in [0.05, 0.1) is 15.7 Å². The fourth-order valence-electron chi connectivity index (χ4n) is 4.87. The van der Waals surface area contributed by atoms with E-state index in [9.17, 15) is 0 Å². The molecular weight excluding hydrogens is 505 g/mol. The number of hydrogen-bond donors (Lipinski definition) is 0. The summed E-state index contributed by atoms with van der Waals surface area (Å²) in [5, 5.41) is 2.00. The molecular formula is C29H25Cl2N5O. The van der Waals surface area contributed by atoms with E-state index in [1.165, 1.54) is 0 Å². The molecule has 2 aromatic carbocycles. The van der Waals surface area contributed by atoms with Gasteiger partial charge >= 0.3 is 0 Å². The Hall–Kier alpha value is -3.61. The second-order valence-electron chi connectivity index (χ2n) is 9.13. The zero-order valence-corrected chi connectivity index (χ0v) is 21.9. The average Bonchev–Trinajstić information content (AvgIpc) is 3.62. The Balaban J connectivity index is 1.38. The molecule has 0 amide bonds. The Kier molecular flexibility index (Phi) is 6.45. The minimum absolute atomic E-state index is 0.214. The van der Waals surface area contributed by atoms with E-state index in [0.717, 1.165) is 71.0 Å². The molecule has 6 nitrogen and oxygen atoms in total. The van der Waals surface area contributed by atoms with Crippen molar-refractivity contribution in [1.82, 2.24) is 19.5 Å². The molecule has 37 heavy (non-hydrogen) atoms. The normalized spacial score (nSPS) is 13.4. The van der Waals surface area contributed by atoms with Gasteiger partial charge in [0.2, 0.25) is 0 Å². The summed E-state index contributed by atoms with van der Waals surface area (Å²) < 4.78 is 8.42. The molecule has 0 radical (unpaired) electrons. The molecule has 5 aromatic rings. The van der Waals surface area contributed by atoms with E-state index in [-0.39, 0.29) is 6.61 Å². The lowest BCUT2D eigenvalue weighted by atomic mass is 10.1. The van der Waals surface area contributed by atoms with Crippen LogP contribution in [0.15, 0.2) is 73.2 Å². The monoisotopic (exact) mass is 529 g/mol. The zero-order valence-electron chi connectivity index (χ0n) is 20.4. The molecule has 8 heteroatoms. The lowest BCUT2D eigenvalue weighted by Crippen LogP contribution is -2.20. The molecule has 0 spiro atoms. The molecule has 4 heterocycles. The summed E-state index contributed by atoms with van der Waals surface area (Å²) in [5.74, 6) is 2.30. The number of fused-ring (bicyclic) bond motifs is 1. The van der Waals surface area contributed by atoms with Crippen LogP contribution in [0.2, 0.25) is 10.0 Å². The smallest absolute Gasteiger partial charge is 0.147 e. The molecule has 6 rings (SSSR count). The molecule has 186 valence electrons. The first-order valence-electron chi connectivity index (χ1n) is 12.3. The highest BCUT2D eigenvalue weighted by molar-refractivity contribution is 6.37. The number of nitrogens with zero attached hydrogens (tertiary/aromatic N) is 5. The van der Waals surface area contributed by atoms with Gasteiger partial charge < -0.3 is 9.64 Å². The van der Waals surface area contributed by atoms with E-state index < -0.39 is 0 Å². The SMILES string of the molecule is Cc1cc(-n2ccnc2-c2ccccc2)c2cccc(OCc3c(Cl)cnc(N4CCCC4)c3Cl)c2n1. The molecule has 0 bridgehead atoms. The largest absolute Gasteiger partial charge is 0.487 e. The van der Waals surface area contributed by atoms with Gasteiger partial charge in [0.15, 0.2) is 0 Å². The highest BCUT2D eigenvalue weighted by Gasteiger charge is 2.21. The summed E-state index contributed by atoms with van der Waals surface area (Å²) in [5.41, 5.74) is 4.40. The van der Waals surface area contributed by atoms with Crippen LogP contribution in [-0.2, 0) is 6.61 Å². The van der Waals surface area contributed by atoms with E-state index in [1.807, 2.05) is 49.6 Å². The van der Waals surface area contributed by atoms with Crippen molar-refractivity contribution in [3.05, 3.63) is 94.5 Å². The zero-order chi connectivity index (χ0) is 25.4. The topological polar surface area (TPSA) is 56.1 Å². The van der Waals surface area contributed by atoms with Gasteiger partial charge in [-0.2, -0.15) is 0 Å². The Morgan fingerprint density at radius 3 is 2.59 bits per heavy atom. The molecule has 0 unspecified atom stereocenters. The summed E-state index contributed by atoms with van der Waals surface area (Å²) in [6.45, 7) is 4.09. The first-order chi connectivity index (χ1) is 18.1. The number of hydrogen-bond acceptors (Lipinski definition) is 5. The number of ether oxygens (including phenoxy) is 1. The van der Waals surface area contributed by atoms with E-state index in [2.05, 4.69) is 43.7 Å². The molecule has 0 aliphatic carbocycles. The number of para-hydroxylation sites is 1. The standard InChI is InChI=1S/C29H25Cl2N5O/c1-19-16-24(36-15-12-32-28(36)20-8-3-2-4-9-20)21-10-7-11-25(27(21)34-19)37-18-22-23(30)17-33-29(26(22)31)35-13-5-6-14-35/h2-4,7-12,15-17H,5-6,13-14,18H2,1H3. The predicted molar refractivity (Wildman–Crippen MR) is 149 cm³/mol. The fourth-order valence-corrected chi connectivity index (χ4v) is 5.44. The number of imidazole rings is 1. The van der Waals surface area contributed by atoms with Crippen LogP contribution < -0.4 is 9.64 Å². The van der Waals surface area contributed by atoms with E-state index in [1.54, 1.807) is 6.20 Å². The van der Waals surface area contributed by atoms with Gasteiger partial charge in [-0.15, -0.1) is 0 Å². The fraction of sp³-hybridized carbons (Fsp3) is 0.207. The number of halogens is 2. The highest BCUT2D eigenvalue weighted by Crippen LogP contribution is 2.36. The molecule has 1 saturated heterocycles. The first kappa shape index (κ1) is 23.8. The van der Waals surface area contributed by atoms with E-state index in [4.69, 9.17) is 32.9 Å². The van der Waals surface area contributed by atoms with Crippen molar-refractivity contribution in [3.8, 4) is 22.8 Å². The number of aromatic nitrogens is 4. The Bertz CT molecular complexity index is 1580. The van der Waals surface area contributed by atoms with E-state index in [0.29, 0.717) is 15.8 Å². The quantitative estimate of drug-likeness (QED) is 0.231. The van der Waals surface area contributed by atoms with Gasteiger partial charge in [-0.3, -0.25) is 4.57 Å². The second kappa shape index (κ2) is 10.0. The number of anilines is 1. The van der Waals surface area contributed by atoms with Crippen LogP contribution in [-0.4, -0.2) is 32.6 Å². The summed E-state index contributed by atoms with van der Waals surface area (Å²) in [6, 6.07) is 18.2. The lowest BCUT2D eigenvalue weighted by Gasteiger charge is -2.20. The molecule has 0 saturated carbocycles. The number of benzene rings is 2. The van der Waals surface area contributed by atoms with Crippen LogP contribution in [0.25, 0.3) is 28.0 Å². The maximum atomic E-state index is 6.78. The van der Waals surface area contributed by atoms with Crippen molar-refractivity contribution in [2.45, 2.75) is 26.4 Å². The maximum Gasteiger partial charge on any atom is 0.147 e. The van der Waals surface area contributed by atoms with Crippen LogP contribution in [0.1, 0.15) is 24.1 Å². The third-order valence-corrected chi connectivity index (χ3v) is 7.39. The molecule has 0 N–H and O–H groups in total. The van der Waals surface area contributed by atoms with Gasteiger partial charge in [-0.25, -0.2) is 15.0 Å². The van der Waals surface area contributed by atoms with Crippen molar-refractivity contribution in [2.75, 3.05) is 18.0 Å². The molecule has 1 aliphatic rings. The van der Waals surface area contributed by atoms with Gasteiger partial charge in [0, 0.05) is 53.9 Å². The van der Waals surface area contributed by atoms with Gasteiger partial charge in [0.1, 0.15) is 29.5 Å². The van der Waals surface area contributed by atoms with Crippen LogP contribution >= 0.6 is 23.2 Å². The minimum atomic E-state index is 0.214. The maximum absolute atomic E-state index is 6.78. The van der Waals surface area contributed by atoms with Crippen molar-refractivity contribution < 1.29 is 4.74 Å². The van der Waals surface area contributed by atoms with Crippen molar-refractivity contribution >= 4 is 39.9 Å². The van der Waals surface area contributed by atoms with Crippen molar-refractivity contribution in [2.24, 2.45) is 0 Å². The van der Waals surface area contributed by atoms with Crippen LogP contribution in [0.4, 0.5) is 5.82 Å². The Morgan fingerprint density at radius 2 is 1.78 bits per heavy atom. The molecule has 1 fully saturated rings.